The number of carbonyl (C=O) groups excluding carboxylic acids is 3. The molecule has 7 atom stereocenters. The quantitative estimate of drug-likeness (QED) is 0.372. The van der Waals surface area contributed by atoms with Crippen LogP contribution >= 0.6 is 0 Å². The van der Waals surface area contributed by atoms with Gasteiger partial charge in [0.1, 0.15) is 11.6 Å². The van der Waals surface area contributed by atoms with Crippen LogP contribution in [0.25, 0.3) is 10.8 Å². The Morgan fingerprint density at radius 2 is 1.78 bits per heavy atom. The van der Waals surface area contributed by atoms with E-state index in [0.29, 0.717) is 25.1 Å². The first kappa shape index (κ1) is 27.4. The van der Waals surface area contributed by atoms with Gasteiger partial charge in [-0.1, -0.05) is 80.9 Å². The molecule has 0 aliphatic carbocycles. The van der Waals surface area contributed by atoms with Gasteiger partial charge in [-0.2, -0.15) is 0 Å². The molecule has 3 saturated heterocycles. The maximum absolute atomic E-state index is 14.3. The van der Waals surface area contributed by atoms with Crippen LogP contribution in [-0.2, 0) is 25.7 Å². The van der Waals surface area contributed by atoms with Crippen LogP contribution in [0.5, 0.6) is 0 Å². The molecule has 214 valence electrons. The molecule has 8 nitrogen and oxygen atoms in total. The number of likely N-dealkylation sites (tertiary alicyclic amines) is 1. The highest BCUT2D eigenvalue weighted by Gasteiger charge is 2.75. The van der Waals surface area contributed by atoms with E-state index in [9.17, 15) is 19.5 Å². The Morgan fingerprint density at radius 3 is 2.51 bits per heavy atom. The fourth-order valence-corrected chi connectivity index (χ4v) is 7.24. The largest absolute Gasteiger partial charge is 0.394 e. The van der Waals surface area contributed by atoms with Crippen molar-refractivity contribution in [1.29, 1.82) is 0 Å². The molecule has 0 aromatic heterocycles. The minimum Gasteiger partial charge on any atom is -0.394 e. The lowest BCUT2D eigenvalue weighted by atomic mass is 9.70. The Bertz CT molecular complexity index is 1460. The van der Waals surface area contributed by atoms with E-state index >= 15 is 0 Å². The summed E-state index contributed by atoms with van der Waals surface area (Å²) in [6, 6.07) is 21.7. The third kappa shape index (κ3) is 4.59. The first-order chi connectivity index (χ1) is 19.9. The highest BCUT2D eigenvalue weighted by Crippen LogP contribution is 2.59. The summed E-state index contributed by atoms with van der Waals surface area (Å²) in [5.74, 6) is -2.43. The summed E-state index contributed by atoms with van der Waals surface area (Å²) in [7, 11) is 0. The Labute approximate surface area is 240 Å². The molecule has 41 heavy (non-hydrogen) atoms. The van der Waals surface area contributed by atoms with Crippen LogP contribution < -0.4 is 10.6 Å². The first-order valence-electron chi connectivity index (χ1n) is 14.6. The molecular weight excluding hydrogens is 518 g/mol. The molecule has 3 aromatic rings. The monoisotopic (exact) mass is 555 g/mol. The SMILES string of the molecule is CC[C@H](C)[C@H](CO)N1C(=O)[C@@H]2[C@H](C(=O)NCc3ccccc3)[C@@H]3CCC2(O3)C1C(=O)Nc1ccc2ccccc2c1. The lowest BCUT2D eigenvalue weighted by molar-refractivity contribution is -0.145. The molecule has 2 unspecified atom stereocenters. The second-order valence-corrected chi connectivity index (χ2v) is 11.7. The van der Waals surface area contributed by atoms with Gasteiger partial charge in [0.25, 0.3) is 0 Å². The zero-order valence-corrected chi connectivity index (χ0v) is 23.5. The van der Waals surface area contributed by atoms with Gasteiger partial charge in [0.15, 0.2) is 0 Å². The highest BCUT2D eigenvalue weighted by atomic mass is 16.5. The van der Waals surface area contributed by atoms with E-state index in [2.05, 4.69) is 10.6 Å². The third-order valence-corrected chi connectivity index (χ3v) is 9.46. The molecular formula is C33H37N3O5. The van der Waals surface area contributed by atoms with E-state index in [1.807, 2.05) is 86.6 Å². The van der Waals surface area contributed by atoms with E-state index in [-0.39, 0.29) is 30.2 Å². The molecule has 3 amide bonds. The standard InChI is InChI=1S/C33H37N3O5/c1-3-20(2)25(19-37)36-29(31(39)35-24-14-13-22-11-7-8-12-23(22)17-24)33-16-15-26(41-33)27(28(33)32(36)40)30(38)34-18-21-9-5-4-6-10-21/h4-14,17,20,25-29,37H,3,15-16,18-19H2,1-2H3,(H,34,38)(H,35,39)/t20-,25-,26-,27+,28-,29?,33?/m0/s1. The van der Waals surface area contributed by atoms with Gasteiger partial charge in [0, 0.05) is 12.2 Å². The number of amides is 3. The van der Waals surface area contributed by atoms with Crippen molar-refractivity contribution in [2.45, 2.75) is 63.4 Å². The van der Waals surface area contributed by atoms with E-state index in [1.165, 1.54) is 0 Å². The summed E-state index contributed by atoms with van der Waals surface area (Å²) in [4.78, 5) is 43.6. The van der Waals surface area contributed by atoms with E-state index < -0.39 is 35.6 Å². The molecule has 8 heteroatoms. The molecule has 3 aliphatic heterocycles. The normalized spacial score (nSPS) is 28.0. The number of anilines is 1. The fraction of sp³-hybridized carbons (Fsp3) is 0.424. The number of benzene rings is 3. The van der Waals surface area contributed by atoms with E-state index in [4.69, 9.17) is 4.74 Å². The van der Waals surface area contributed by atoms with Crippen LogP contribution in [0.15, 0.2) is 72.8 Å². The number of rotatable bonds is 9. The third-order valence-electron chi connectivity index (χ3n) is 9.46. The number of aliphatic hydroxyl groups is 1. The number of hydrogen-bond donors (Lipinski definition) is 3. The summed E-state index contributed by atoms with van der Waals surface area (Å²) in [5, 5.41) is 18.6. The van der Waals surface area contributed by atoms with Gasteiger partial charge in [-0.3, -0.25) is 14.4 Å². The molecule has 3 aliphatic rings. The maximum Gasteiger partial charge on any atom is 0.250 e. The van der Waals surface area contributed by atoms with Gasteiger partial charge in [0.2, 0.25) is 17.7 Å². The predicted molar refractivity (Wildman–Crippen MR) is 156 cm³/mol. The van der Waals surface area contributed by atoms with Gasteiger partial charge in [-0.05, 0) is 47.2 Å². The van der Waals surface area contributed by atoms with Crippen molar-refractivity contribution in [3.05, 3.63) is 78.4 Å². The highest BCUT2D eigenvalue weighted by molar-refractivity contribution is 6.04. The lowest BCUT2D eigenvalue weighted by Gasteiger charge is -2.38. The van der Waals surface area contributed by atoms with Crippen LogP contribution in [0, 0.1) is 17.8 Å². The number of hydrogen-bond acceptors (Lipinski definition) is 5. The van der Waals surface area contributed by atoms with Crippen LogP contribution in [0.2, 0.25) is 0 Å². The summed E-state index contributed by atoms with van der Waals surface area (Å²) in [6.45, 7) is 4.04. The average Bonchev–Trinajstić information content (AvgIpc) is 3.64. The number of ether oxygens (including phenoxy) is 1. The van der Waals surface area contributed by atoms with Gasteiger partial charge < -0.3 is 25.4 Å². The molecule has 1 spiro atoms. The molecule has 2 bridgehead atoms. The number of fused-ring (bicyclic) bond motifs is 2. The number of nitrogens with zero attached hydrogens (tertiary/aromatic N) is 1. The second-order valence-electron chi connectivity index (χ2n) is 11.7. The van der Waals surface area contributed by atoms with Crippen LogP contribution in [-0.4, -0.2) is 58.1 Å². The summed E-state index contributed by atoms with van der Waals surface area (Å²) < 4.78 is 6.55. The van der Waals surface area contributed by atoms with Crippen molar-refractivity contribution in [1.82, 2.24) is 10.2 Å². The van der Waals surface area contributed by atoms with Crippen LogP contribution in [0.4, 0.5) is 5.69 Å². The van der Waals surface area contributed by atoms with Crippen molar-refractivity contribution < 1.29 is 24.2 Å². The maximum atomic E-state index is 14.3. The van der Waals surface area contributed by atoms with Crippen LogP contribution in [0.1, 0.15) is 38.7 Å². The molecule has 3 heterocycles. The van der Waals surface area contributed by atoms with Crippen molar-refractivity contribution >= 4 is 34.2 Å². The Balaban J connectivity index is 1.33. The number of aliphatic hydroxyl groups excluding tert-OH is 1. The smallest absolute Gasteiger partial charge is 0.250 e. The van der Waals surface area contributed by atoms with Gasteiger partial charge in [-0.15, -0.1) is 0 Å². The zero-order valence-electron chi connectivity index (χ0n) is 23.5. The van der Waals surface area contributed by atoms with Crippen molar-refractivity contribution in [3.63, 3.8) is 0 Å². The van der Waals surface area contributed by atoms with Gasteiger partial charge in [0.05, 0.1) is 30.6 Å². The molecule has 6 rings (SSSR count). The summed E-state index contributed by atoms with van der Waals surface area (Å²) in [5.41, 5.74) is 0.455. The lowest BCUT2D eigenvalue weighted by Crippen LogP contribution is -2.57. The summed E-state index contributed by atoms with van der Waals surface area (Å²) in [6.07, 6.45) is 1.37. The molecule has 3 aromatic carbocycles. The van der Waals surface area contributed by atoms with Gasteiger partial charge in [-0.25, -0.2) is 0 Å². The Morgan fingerprint density at radius 1 is 1.05 bits per heavy atom. The molecule has 3 N–H and O–H groups in total. The first-order valence-corrected chi connectivity index (χ1v) is 14.6. The van der Waals surface area contributed by atoms with Gasteiger partial charge >= 0.3 is 0 Å². The average molecular weight is 556 g/mol. The van der Waals surface area contributed by atoms with E-state index in [0.717, 1.165) is 22.8 Å². The molecule has 3 fully saturated rings. The van der Waals surface area contributed by atoms with Crippen molar-refractivity contribution in [2.24, 2.45) is 17.8 Å². The minimum absolute atomic E-state index is 0.0577. The Hall–Kier alpha value is -3.75. The van der Waals surface area contributed by atoms with Crippen molar-refractivity contribution in [3.8, 4) is 0 Å². The molecule has 0 radical (unpaired) electrons. The van der Waals surface area contributed by atoms with Crippen LogP contribution in [0.3, 0.4) is 0 Å². The zero-order chi connectivity index (χ0) is 28.7. The van der Waals surface area contributed by atoms with E-state index in [1.54, 1.807) is 4.90 Å². The minimum atomic E-state index is -1.13. The summed E-state index contributed by atoms with van der Waals surface area (Å²) >= 11 is 0. The second kappa shape index (κ2) is 10.9. The number of carbonyl (C=O) groups is 3. The predicted octanol–water partition coefficient (Wildman–Crippen LogP) is 3.88. The Kier molecular flexibility index (Phi) is 7.30. The molecule has 0 saturated carbocycles. The van der Waals surface area contributed by atoms with Crippen molar-refractivity contribution in [2.75, 3.05) is 11.9 Å². The number of nitrogens with one attached hydrogen (secondary N) is 2. The topological polar surface area (TPSA) is 108 Å². The fourth-order valence-electron chi connectivity index (χ4n) is 7.24.